The van der Waals surface area contributed by atoms with Crippen LogP contribution in [0.25, 0.3) is 0 Å². The number of halogens is 1. The Kier molecular flexibility index (Phi) is 7.09. The van der Waals surface area contributed by atoms with Gasteiger partial charge < -0.3 is 9.84 Å². The number of nitrogens with zero attached hydrogens (tertiary/aromatic N) is 1. The molecule has 0 unspecified atom stereocenters. The molecule has 3 aromatic rings. The number of hydrogen-bond donors (Lipinski definition) is 3. The number of benzene rings is 3. The molecule has 0 radical (unpaired) electrons. The summed E-state index contributed by atoms with van der Waals surface area (Å²) in [6.07, 6.45) is 2.15. The van der Waals surface area contributed by atoms with Gasteiger partial charge in [0.1, 0.15) is 5.69 Å². The van der Waals surface area contributed by atoms with E-state index in [1.807, 2.05) is 4.72 Å². The molecule has 4 rings (SSSR count). The monoisotopic (exact) mass is 563 g/mol. The quantitative estimate of drug-likeness (QED) is 0.293. The molecule has 13 heteroatoms. The second kappa shape index (κ2) is 9.96. The van der Waals surface area contributed by atoms with E-state index in [2.05, 4.69) is 4.72 Å². The van der Waals surface area contributed by atoms with Crippen LogP contribution in [0.4, 0.5) is 11.4 Å². The number of hydrogen-bond acceptors (Lipinski definition) is 7. The van der Waals surface area contributed by atoms with Crippen molar-refractivity contribution in [2.24, 2.45) is 0 Å². The second-order valence-corrected chi connectivity index (χ2v) is 12.0. The average molecular weight is 564 g/mol. The van der Waals surface area contributed by atoms with Gasteiger partial charge in [0.05, 0.1) is 23.7 Å². The van der Waals surface area contributed by atoms with Crippen molar-refractivity contribution in [3.63, 3.8) is 0 Å². The molecular formula is C24H22ClN3O7S2. The van der Waals surface area contributed by atoms with Crippen LogP contribution in [0.1, 0.15) is 27.0 Å². The summed E-state index contributed by atoms with van der Waals surface area (Å²) >= 11 is 6.23. The number of carbonyl (C=O) groups excluding carboxylic acids is 1. The van der Waals surface area contributed by atoms with E-state index in [1.165, 1.54) is 12.1 Å². The van der Waals surface area contributed by atoms with Crippen molar-refractivity contribution in [2.75, 3.05) is 15.3 Å². The average Bonchev–Trinajstić information content (AvgIpc) is 3.08. The van der Waals surface area contributed by atoms with E-state index >= 15 is 0 Å². The first-order valence-electron chi connectivity index (χ1n) is 10.7. The van der Waals surface area contributed by atoms with Crippen LogP contribution in [0.3, 0.4) is 0 Å². The van der Waals surface area contributed by atoms with Crippen molar-refractivity contribution in [1.82, 2.24) is 4.72 Å². The first-order valence-corrected chi connectivity index (χ1v) is 14.4. The first kappa shape index (κ1) is 26.3. The van der Waals surface area contributed by atoms with E-state index in [4.69, 9.17) is 16.3 Å². The summed E-state index contributed by atoms with van der Waals surface area (Å²) in [4.78, 5) is 12.8. The van der Waals surface area contributed by atoms with Gasteiger partial charge in [-0.1, -0.05) is 35.9 Å². The van der Waals surface area contributed by atoms with Crippen LogP contribution in [0.2, 0.25) is 5.02 Å². The molecule has 0 fully saturated rings. The van der Waals surface area contributed by atoms with E-state index in [-0.39, 0.29) is 23.4 Å². The normalized spacial score (nSPS) is 14.6. The second-order valence-electron chi connectivity index (χ2n) is 8.28. The number of aryl methyl sites for hydroxylation is 1. The predicted molar refractivity (Wildman–Crippen MR) is 141 cm³/mol. The summed E-state index contributed by atoms with van der Waals surface area (Å²) in [5.41, 5.74) is 2.30. The van der Waals surface area contributed by atoms with Crippen LogP contribution in [0.5, 0.6) is 5.75 Å². The molecule has 1 aliphatic rings. The number of anilines is 2. The fraction of sp³-hybridized carbons (Fsp3) is 0.125. The SMILES string of the molecule is Cc1cc(Cl)cc(Cc2ccc(N3C=C(O)NS3(=O)=O)c(OC(=O)c3ccccc3)c2)c1NS(C)(=O)=O. The molecule has 0 spiro atoms. The maximum Gasteiger partial charge on any atom is 0.343 e. The molecule has 1 heterocycles. The van der Waals surface area contributed by atoms with Crippen molar-refractivity contribution in [2.45, 2.75) is 13.3 Å². The minimum Gasteiger partial charge on any atom is -0.493 e. The van der Waals surface area contributed by atoms with E-state index < -0.39 is 32.1 Å². The number of ether oxygens (including phenoxy) is 1. The van der Waals surface area contributed by atoms with Crippen molar-refractivity contribution >= 4 is 49.2 Å². The van der Waals surface area contributed by atoms with Crippen LogP contribution >= 0.6 is 11.6 Å². The molecule has 0 aromatic heterocycles. The molecule has 0 saturated heterocycles. The summed E-state index contributed by atoms with van der Waals surface area (Å²) < 4.78 is 59.6. The number of esters is 1. The van der Waals surface area contributed by atoms with Crippen LogP contribution in [-0.2, 0) is 26.7 Å². The fourth-order valence-corrected chi connectivity index (χ4v) is 5.78. The summed E-state index contributed by atoms with van der Waals surface area (Å²) in [6, 6.07) is 15.8. The summed E-state index contributed by atoms with van der Waals surface area (Å²) in [5, 5.41) is 10.1. The third-order valence-corrected chi connectivity index (χ3v) is 7.35. The largest absolute Gasteiger partial charge is 0.493 e. The number of aliphatic hydroxyl groups excluding tert-OH is 1. The van der Waals surface area contributed by atoms with Crippen molar-refractivity contribution < 1.29 is 31.5 Å². The minimum absolute atomic E-state index is 0.0265. The molecule has 0 atom stereocenters. The molecule has 194 valence electrons. The lowest BCUT2D eigenvalue weighted by atomic mass is 10.00. The minimum atomic E-state index is -4.17. The van der Waals surface area contributed by atoms with Crippen LogP contribution in [-0.4, -0.2) is 34.2 Å². The van der Waals surface area contributed by atoms with Gasteiger partial charge in [0.15, 0.2) is 5.75 Å². The molecule has 0 bridgehead atoms. The summed E-state index contributed by atoms with van der Waals surface area (Å²) in [5.74, 6) is -1.43. The molecule has 37 heavy (non-hydrogen) atoms. The summed E-state index contributed by atoms with van der Waals surface area (Å²) in [6.45, 7) is 1.71. The van der Waals surface area contributed by atoms with E-state index in [0.29, 0.717) is 27.4 Å². The molecule has 0 aliphatic carbocycles. The highest BCUT2D eigenvalue weighted by atomic mass is 35.5. The van der Waals surface area contributed by atoms with Gasteiger partial charge in [-0.3, -0.25) is 4.72 Å². The zero-order valence-electron chi connectivity index (χ0n) is 19.6. The Labute approximate surface area is 219 Å². The van der Waals surface area contributed by atoms with Crippen molar-refractivity contribution in [3.05, 3.63) is 100 Å². The highest BCUT2D eigenvalue weighted by molar-refractivity contribution is 7.92. The number of rotatable bonds is 7. The van der Waals surface area contributed by atoms with Gasteiger partial charge in [0.2, 0.25) is 15.9 Å². The predicted octanol–water partition coefficient (Wildman–Crippen LogP) is 3.84. The van der Waals surface area contributed by atoms with Gasteiger partial charge in [-0.2, -0.15) is 8.42 Å². The van der Waals surface area contributed by atoms with Gasteiger partial charge in [-0.05, 0) is 66.4 Å². The van der Waals surface area contributed by atoms with Gasteiger partial charge in [-0.25, -0.2) is 22.2 Å². The van der Waals surface area contributed by atoms with Crippen LogP contribution in [0, 0.1) is 6.92 Å². The van der Waals surface area contributed by atoms with E-state index in [1.54, 1.807) is 55.5 Å². The molecule has 1 aliphatic heterocycles. The van der Waals surface area contributed by atoms with E-state index in [9.17, 15) is 26.7 Å². The molecule has 10 nitrogen and oxygen atoms in total. The molecule has 3 N–H and O–H groups in total. The standard InChI is InChI=1S/C24H22ClN3O7S2/c1-15-10-19(25)13-18(23(15)27-36(2,31)32)11-16-8-9-20(28-14-22(29)26-37(28,33)34)21(12-16)35-24(30)17-6-4-3-5-7-17/h3-10,12-14,26-27,29H,11H2,1-2H3. The molecule has 3 aromatic carbocycles. The first-order chi connectivity index (χ1) is 17.3. The zero-order chi connectivity index (χ0) is 27.0. The lowest BCUT2D eigenvalue weighted by Gasteiger charge is -2.19. The third-order valence-electron chi connectivity index (χ3n) is 5.27. The fourth-order valence-electron chi connectivity index (χ4n) is 3.76. The number of carbonyl (C=O) groups is 1. The molecular weight excluding hydrogens is 542 g/mol. The number of sulfonamides is 1. The van der Waals surface area contributed by atoms with E-state index in [0.717, 1.165) is 16.8 Å². The lowest BCUT2D eigenvalue weighted by molar-refractivity contribution is 0.0735. The molecule has 0 amide bonds. The van der Waals surface area contributed by atoms with Gasteiger partial charge in [0, 0.05) is 5.02 Å². The lowest BCUT2D eigenvalue weighted by Crippen LogP contribution is -2.30. The maximum absolute atomic E-state index is 12.8. The van der Waals surface area contributed by atoms with Crippen LogP contribution < -0.4 is 18.5 Å². The van der Waals surface area contributed by atoms with Gasteiger partial charge in [-0.15, -0.1) is 0 Å². The van der Waals surface area contributed by atoms with Crippen LogP contribution in [0.15, 0.2) is 72.7 Å². The van der Waals surface area contributed by atoms with Gasteiger partial charge >= 0.3 is 16.2 Å². The smallest absolute Gasteiger partial charge is 0.343 e. The third kappa shape index (κ3) is 6.16. The Morgan fingerprint density at radius 1 is 1.14 bits per heavy atom. The highest BCUT2D eigenvalue weighted by Gasteiger charge is 2.31. The number of aliphatic hydroxyl groups is 1. The number of nitrogens with one attached hydrogen (secondary N) is 2. The molecule has 0 saturated carbocycles. The Bertz CT molecular complexity index is 1620. The highest BCUT2D eigenvalue weighted by Crippen LogP contribution is 2.36. The topological polar surface area (TPSA) is 142 Å². The van der Waals surface area contributed by atoms with Gasteiger partial charge in [0.25, 0.3) is 0 Å². The summed E-state index contributed by atoms with van der Waals surface area (Å²) in [7, 11) is -7.76. The van der Waals surface area contributed by atoms with Crippen molar-refractivity contribution in [1.29, 1.82) is 0 Å². The van der Waals surface area contributed by atoms with Crippen molar-refractivity contribution in [3.8, 4) is 5.75 Å². The Hall–Kier alpha value is -3.74. The Balaban J connectivity index is 1.78. The Morgan fingerprint density at radius 3 is 2.46 bits per heavy atom. The zero-order valence-corrected chi connectivity index (χ0v) is 22.0. The Morgan fingerprint density at radius 2 is 1.84 bits per heavy atom. The maximum atomic E-state index is 12.8.